The van der Waals surface area contributed by atoms with E-state index in [4.69, 9.17) is 14.2 Å². The van der Waals surface area contributed by atoms with Gasteiger partial charge in [-0.3, -0.25) is 9.69 Å². The Labute approximate surface area is 172 Å². The second-order valence-corrected chi connectivity index (χ2v) is 7.60. The summed E-state index contributed by atoms with van der Waals surface area (Å²) >= 11 is 0. The first-order chi connectivity index (χ1) is 14.0. The number of carbonyl (C=O) groups is 1. The second-order valence-electron chi connectivity index (χ2n) is 7.60. The van der Waals surface area contributed by atoms with Crippen molar-refractivity contribution in [2.24, 2.45) is 0 Å². The van der Waals surface area contributed by atoms with Gasteiger partial charge in [-0.25, -0.2) is 0 Å². The van der Waals surface area contributed by atoms with Crippen LogP contribution in [-0.4, -0.2) is 42.8 Å². The molecule has 0 amide bonds. The largest absolute Gasteiger partial charge is 0.499 e. The highest BCUT2D eigenvalue weighted by atomic mass is 16.7. The van der Waals surface area contributed by atoms with Crippen LogP contribution in [0.5, 0.6) is 0 Å². The van der Waals surface area contributed by atoms with E-state index in [1.165, 1.54) is 17.2 Å². The minimum absolute atomic E-state index is 0.261. The van der Waals surface area contributed by atoms with E-state index in [9.17, 15) is 4.79 Å². The van der Waals surface area contributed by atoms with Gasteiger partial charge in [-0.1, -0.05) is 60.7 Å². The smallest absolute Gasteiger partial charge is 0.163 e. The highest BCUT2D eigenvalue weighted by Gasteiger charge is 2.42. The standard InChI is InChI=1S/C24H29NO4/c1-24(2)28-18-22(29-24)23(21(27-3)14-15-26)25(16-19-10-6-4-7-11-19)17-20-12-8-5-9-13-20/h4-15,22-23H,16-18H2,1-3H3/b21-14+/t22-,23-/m1/s1. The Bertz CT molecular complexity index is 763. The summed E-state index contributed by atoms with van der Waals surface area (Å²) < 4.78 is 17.7. The minimum Gasteiger partial charge on any atom is -0.499 e. The lowest BCUT2D eigenvalue weighted by molar-refractivity contribution is -0.147. The van der Waals surface area contributed by atoms with Gasteiger partial charge in [0.25, 0.3) is 0 Å². The monoisotopic (exact) mass is 395 g/mol. The van der Waals surface area contributed by atoms with Crippen LogP contribution in [0.2, 0.25) is 0 Å². The molecule has 5 nitrogen and oxygen atoms in total. The van der Waals surface area contributed by atoms with Crippen LogP contribution in [0, 0.1) is 0 Å². The van der Waals surface area contributed by atoms with Gasteiger partial charge in [-0.15, -0.1) is 0 Å². The van der Waals surface area contributed by atoms with Crippen LogP contribution in [0.4, 0.5) is 0 Å². The molecular formula is C24H29NO4. The maximum absolute atomic E-state index is 11.3. The Kier molecular flexibility index (Phi) is 7.20. The van der Waals surface area contributed by atoms with Gasteiger partial charge in [-0.2, -0.15) is 0 Å². The number of hydrogen-bond donors (Lipinski definition) is 0. The number of benzene rings is 2. The normalized spacial score (nSPS) is 19.9. The molecule has 154 valence electrons. The summed E-state index contributed by atoms with van der Waals surface area (Å²) in [6, 6.07) is 20.3. The number of allylic oxidation sites excluding steroid dienone is 1. The van der Waals surface area contributed by atoms with Gasteiger partial charge >= 0.3 is 0 Å². The zero-order valence-corrected chi connectivity index (χ0v) is 17.3. The third-order valence-electron chi connectivity index (χ3n) is 4.99. The van der Waals surface area contributed by atoms with E-state index < -0.39 is 5.79 Å². The van der Waals surface area contributed by atoms with Crippen molar-refractivity contribution in [3.8, 4) is 0 Å². The third-order valence-corrected chi connectivity index (χ3v) is 4.99. The Morgan fingerprint density at radius 1 is 1.10 bits per heavy atom. The number of rotatable bonds is 9. The molecule has 0 aromatic heterocycles. The van der Waals surface area contributed by atoms with Gasteiger partial charge in [0.15, 0.2) is 5.79 Å². The molecule has 1 aliphatic heterocycles. The number of nitrogens with zero attached hydrogens (tertiary/aromatic N) is 1. The van der Waals surface area contributed by atoms with Gasteiger partial charge in [0, 0.05) is 19.2 Å². The zero-order chi connectivity index (χ0) is 20.7. The lowest BCUT2D eigenvalue weighted by Crippen LogP contribution is -2.46. The maximum atomic E-state index is 11.3. The van der Waals surface area contributed by atoms with Gasteiger partial charge in [-0.05, 0) is 25.0 Å². The van der Waals surface area contributed by atoms with E-state index in [0.717, 1.165) is 6.29 Å². The highest BCUT2D eigenvalue weighted by molar-refractivity contribution is 5.66. The molecule has 29 heavy (non-hydrogen) atoms. The van der Waals surface area contributed by atoms with Crippen molar-refractivity contribution in [2.45, 2.75) is 44.9 Å². The van der Waals surface area contributed by atoms with E-state index in [1.807, 2.05) is 50.2 Å². The van der Waals surface area contributed by atoms with Crippen LogP contribution in [0.1, 0.15) is 25.0 Å². The summed E-state index contributed by atoms with van der Waals surface area (Å²) in [5.74, 6) is -0.105. The molecule has 1 aliphatic rings. The molecule has 0 saturated carbocycles. The molecule has 1 fully saturated rings. The molecule has 3 rings (SSSR count). The molecular weight excluding hydrogens is 366 g/mol. The van der Waals surface area contributed by atoms with Crippen LogP contribution in [0.15, 0.2) is 72.5 Å². The molecule has 0 aliphatic carbocycles. The lowest BCUT2D eigenvalue weighted by Gasteiger charge is -2.36. The van der Waals surface area contributed by atoms with Crippen LogP contribution in [0.3, 0.4) is 0 Å². The van der Waals surface area contributed by atoms with Crippen molar-refractivity contribution >= 4 is 6.29 Å². The average molecular weight is 395 g/mol. The molecule has 2 atom stereocenters. The van der Waals surface area contributed by atoms with Crippen molar-refractivity contribution in [3.63, 3.8) is 0 Å². The summed E-state index contributed by atoms with van der Waals surface area (Å²) in [5.41, 5.74) is 2.35. The molecule has 0 bridgehead atoms. The highest BCUT2D eigenvalue weighted by Crippen LogP contribution is 2.31. The van der Waals surface area contributed by atoms with Crippen molar-refractivity contribution in [1.82, 2.24) is 4.90 Å². The Morgan fingerprint density at radius 2 is 1.66 bits per heavy atom. The van der Waals surface area contributed by atoms with Crippen molar-refractivity contribution < 1.29 is 19.0 Å². The van der Waals surface area contributed by atoms with E-state index in [2.05, 4.69) is 29.2 Å². The average Bonchev–Trinajstić information content (AvgIpc) is 3.08. The summed E-state index contributed by atoms with van der Waals surface area (Å²) in [4.78, 5) is 13.6. The fraction of sp³-hybridized carbons (Fsp3) is 0.375. The zero-order valence-electron chi connectivity index (χ0n) is 17.3. The van der Waals surface area contributed by atoms with E-state index in [1.54, 1.807) is 7.11 Å². The fourth-order valence-electron chi connectivity index (χ4n) is 3.71. The summed E-state index contributed by atoms with van der Waals surface area (Å²) in [5, 5.41) is 0. The molecule has 0 unspecified atom stereocenters. The number of aldehydes is 1. The molecule has 0 spiro atoms. The Balaban J connectivity index is 1.98. The molecule has 5 heteroatoms. The number of carbonyl (C=O) groups excluding carboxylic acids is 1. The van der Waals surface area contributed by atoms with Crippen LogP contribution in [0.25, 0.3) is 0 Å². The molecule has 1 heterocycles. The Morgan fingerprint density at radius 3 is 2.07 bits per heavy atom. The summed E-state index contributed by atoms with van der Waals surface area (Å²) in [6.07, 6.45) is 1.97. The van der Waals surface area contributed by atoms with Crippen LogP contribution in [-0.2, 0) is 32.1 Å². The number of methoxy groups -OCH3 is 1. The van der Waals surface area contributed by atoms with Gasteiger partial charge in [0.2, 0.25) is 0 Å². The molecule has 2 aromatic carbocycles. The van der Waals surface area contributed by atoms with Crippen LogP contribution >= 0.6 is 0 Å². The van der Waals surface area contributed by atoms with E-state index >= 15 is 0 Å². The van der Waals surface area contributed by atoms with Crippen LogP contribution < -0.4 is 0 Å². The first-order valence-electron chi connectivity index (χ1n) is 9.85. The topological polar surface area (TPSA) is 48.0 Å². The molecule has 0 radical (unpaired) electrons. The minimum atomic E-state index is -0.673. The maximum Gasteiger partial charge on any atom is 0.163 e. The van der Waals surface area contributed by atoms with Gasteiger partial charge < -0.3 is 14.2 Å². The first kappa shape index (κ1) is 21.2. The summed E-state index contributed by atoms with van der Waals surface area (Å²) in [6.45, 7) is 5.59. The SMILES string of the molecule is CO/C(=C/C=O)[C@H]([C@H]1COC(C)(C)O1)N(Cc1ccccc1)Cc1ccccc1. The fourth-order valence-corrected chi connectivity index (χ4v) is 3.71. The quantitative estimate of drug-likeness (QED) is 0.366. The van der Waals surface area contributed by atoms with Crippen molar-refractivity contribution in [2.75, 3.05) is 13.7 Å². The van der Waals surface area contributed by atoms with Gasteiger partial charge in [0.1, 0.15) is 18.1 Å². The predicted molar refractivity (Wildman–Crippen MR) is 112 cm³/mol. The number of ether oxygens (including phenoxy) is 3. The van der Waals surface area contributed by atoms with E-state index in [-0.39, 0.29) is 12.1 Å². The second kappa shape index (κ2) is 9.83. The van der Waals surface area contributed by atoms with Crippen molar-refractivity contribution in [1.29, 1.82) is 0 Å². The number of hydrogen-bond acceptors (Lipinski definition) is 5. The first-order valence-corrected chi connectivity index (χ1v) is 9.85. The molecule has 0 N–H and O–H groups in total. The molecule has 1 saturated heterocycles. The summed E-state index contributed by atoms with van der Waals surface area (Å²) in [7, 11) is 1.59. The predicted octanol–water partition coefficient (Wildman–Crippen LogP) is 3.94. The van der Waals surface area contributed by atoms with Crippen molar-refractivity contribution in [3.05, 3.63) is 83.6 Å². The van der Waals surface area contributed by atoms with E-state index in [0.29, 0.717) is 25.5 Å². The molecule has 2 aromatic rings. The van der Waals surface area contributed by atoms with Gasteiger partial charge in [0.05, 0.1) is 19.8 Å². The lowest BCUT2D eigenvalue weighted by atomic mass is 10.0. The third kappa shape index (κ3) is 5.76. The Hall–Kier alpha value is -2.47.